The second kappa shape index (κ2) is 8.87. The minimum Gasteiger partial charge on any atom is -0.231 e. The van der Waals surface area contributed by atoms with E-state index in [0.717, 1.165) is 25.5 Å². The summed E-state index contributed by atoms with van der Waals surface area (Å²) in [5.74, 6) is 0. The number of allylic oxidation sites excluding steroid dienone is 2. The van der Waals surface area contributed by atoms with E-state index in [1.54, 1.807) is 6.08 Å². The van der Waals surface area contributed by atoms with Crippen LogP contribution in [0.1, 0.15) is 32.6 Å². The van der Waals surface area contributed by atoms with Gasteiger partial charge in [0.25, 0.3) is 0 Å². The van der Waals surface area contributed by atoms with Gasteiger partial charge in [0.2, 0.25) is 15.0 Å². The molecule has 0 unspecified atom stereocenters. The highest BCUT2D eigenvalue weighted by Gasteiger charge is 2.09. The quantitative estimate of drug-likeness (QED) is 0.317. The maximum atomic E-state index is 11.3. The Morgan fingerprint density at radius 1 is 1.41 bits per heavy atom. The fourth-order valence-electron chi connectivity index (χ4n) is 0.943. The summed E-state index contributed by atoms with van der Waals surface area (Å²) in [7, 11) is -3.37. The summed E-state index contributed by atoms with van der Waals surface area (Å²) in [5.41, 5.74) is 0. The highest BCUT2D eigenvalue weighted by Crippen LogP contribution is 1.98. The number of rotatable bonds is 6. The summed E-state index contributed by atoms with van der Waals surface area (Å²) in [6.45, 7) is 5.62. The number of hydrogen-bond donors (Lipinski definition) is 0. The van der Waals surface area contributed by atoms with Gasteiger partial charge in [-0.3, -0.25) is 0 Å². The zero-order valence-electron chi connectivity index (χ0n) is 10.5. The monoisotopic (exact) mass is 256 g/mol. The summed E-state index contributed by atoms with van der Waals surface area (Å²) in [6, 6.07) is 0. The van der Waals surface area contributed by atoms with Crippen LogP contribution in [0.3, 0.4) is 0 Å². The van der Waals surface area contributed by atoms with Gasteiger partial charge in [0.15, 0.2) is 0 Å². The Kier molecular flexibility index (Phi) is 8.23. The zero-order chi connectivity index (χ0) is 13.1. The van der Waals surface area contributed by atoms with E-state index in [1.165, 1.54) is 12.4 Å². The molecule has 0 saturated heterocycles. The minimum absolute atomic E-state index is 0.160. The molecule has 0 bridgehead atoms. The third-order valence-corrected chi connectivity index (χ3v) is 2.69. The number of amidine groups is 1. The molecular weight excluding hydrogens is 236 g/mol. The molecule has 0 aliphatic rings. The number of hydrogen-bond acceptors (Lipinski definition) is 3. The maximum absolute atomic E-state index is 11.3. The van der Waals surface area contributed by atoms with E-state index in [-0.39, 0.29) is 5.17 Å². The van der Waals surface area contributed by atoms with Crippen LogP contribution in [-0.4, -0.2) is 26.1 Å². The Balaban J connectivity index is 4.64. The van der Waals surface area contributed by atoms with Crippen LogP contribution in [0.5, 0.6) is 0 Å². The fourth-order valence-corrected chi connectivity index (χ4v) is 1.46. The van der Waals surface area contributed by atoms with E-state index in [2.05, 4.69) is 23.5 Å². The average Bonchev–Trinajstić information content (AvgIpc) is 2.25. The first-order valence-electron chi connectivity index (χ1n) is 5.58. The van der Waals surface area contributed by atoms with Gasteiger partial charge in [-0.2, -0.15) is 0 Å². The molecule has 0 saturated carbocycles. The second-order valence-corrected chi connectivity index (χ2v) is 5.46. The lowest BCUT2D eigenvalue weighted by Gasteiger charge is -1.94. The Labute approximate surface area is 104 Å². The van der Waals surface area contributed by atoms with Crippen LogP contribution in [0.2, 0.25) is 0 Å². The number of aliphatic imine (C=N–C) groups is 2. The molecule has 0 atom stereocenters. The molecule has 0 heterocycles. The summed E-state index contributed by atoms with van der Waals surface area (Å²) in [5, 5.41) is -0.160. The summed E-state index contributed by atoms with van der Waals surface area (Å²) >= 11 is 0. The average molecular weight is 256 g/mol. The molecular formula is C12H20N2O2S. The van der Waals surface area contributed by atoms with Gasteiger partial charge in [-0.05, 0) is 6.42 Å². The van der Waals surface area contributed by atoms with Gasteiger partial charge >= 0.3 is 0 Å². The number of nitrogens with zero attached hydrogens (tertiary/aromatic N) is 2. The molecule has 4 nitrogen and oxygen atoms in total. The lowest BCUT2D eigenvalue weighted by atomic mass is 10.2. The van der Waals surface area contributed by atoms with Crippen molar-refractivity contribution in [3.8, 4) is 0 Å². The molecule has 96 valence electrons. The first kappa shape index (κ1) is 15.8. The smallest absolute Gasteiger partial charge is 0.231 e. The van der Waals surface area contributed by atoms with E-state index in [0.29, 0.717) is 6.42 Å². The highest BCUT2D eigenvalue weighted by atomic mass is 32.2. The summed E-state index contributed by atoms with van der Waals surface area (Å²) < 4.78 is 22.7. The molecule has 0 fully saturated rings. The van der Waals surface area contributed by atoms with Gasteiger partial charge in [0, 0.05) is 25.1 Å². The maximum Gasteiger partial charge on any atom is 0.246 e. The Morgan fingerprint density at radius 2 is 2.12 bits per heavy atom. The van der Waals surface area contributed by atoms with E-state index in [1.807, 2.05) is 6.08 Å². The third kappa shape index (κ3) is 8.56. The predicted molar refractivity (Wildman–Crippen MR) is 74.2 cm³/mol. The van der Waals surface area contributed by atoms with Gasteiger partial charge in [0.1, 0.15) is 0 Å². The third-order valence-electron chi connectivity index (χ3n) is 1.82. The summed E-state index contributed by atoms with van der Waals surface area (Å²) in [4.78, 5) is 7.67. The Bertz CT molecular complexity index is 406. The van der Waals surface area contributed by atoms with Crippen molar-refractivity contribution in [1.29, 1.82) is 0 Å². The molecule has 0 aliphatic carbocycles. The van der Waals surface area contributed by atoms with Crippen molar-refractivity contribution in [2.24, 2.45) is 9.98 Å². The Morgan fingerprint density at radius 3 is 2.65 bits per heavy atom. The molecule has 0 radical (unpaired) electrons. The lowest BCUT2D eigenvalue weighted by molar-refractivity contribution is 0.612. The SMILES string of the molecule is C=CCC=NC(=N/C=C/CCCC)S(C)(=O)=O. The first-order valence-corrected chi connectivity index (χ1v) is 7.47. The van der Waals surface area contributed by atoms with Crippen LogP contribution in [0.15, 0.2) is 34.9 Å². The van der Waals surface area contributed by atoms with Crippen molar-refractivity contribution in [2.45, 2.75) is 32.6 Å². The largest absolute Gasteiger partial charge is 0.246 e. The lowest BCUT2D eigenvalue weighted by Crippen LogP contribution is -2.09. The van der Waals surface area contributed by atoms with Crippen LogP contribution >= 0.6 is 0 Å². The van der Waals surface area contributed by atoms with Gasteiger partial charge in [-0.1, -0.05) is 31.9 Å². The van der Waals surface area contributed by atoms with E-state index in [9.17, 15) is 8.42 Å². The molecule has 0 N–H and O–H groups in total. The van der Waals surface area contributed by atoms with Crippen LogP contribution in [0, 0.1) is 0 Å². The predicted octanol–water partition coefficient (Wildman–Crippen LogP) is 2.74. The Hall–Kier alpha value is -1.23. The molecule has 0 aromatic heterocycles. The van der Waals surface area contributed by atoms with E-state index < -0.39 is 9.84 Å². The topological polar surface area (TPSA) is 58.9 Å². The first-order chi connectivity index (χ1) is 8.02. The van der Waals surface area contributed by atoms with Gasteiger partial charge in [-0.25, -0.2) is 18.4 Å². The summed E-state index contributed by atoms with van der Waals surface area (Å²) in [6.07, 6.45) is 11.1. The standard InChI is InChI=1S/C12H20N2O2S/c1-4-6-8-9-11-14-12(17(3,15)16)13-10-7-5-2/h5,9-11H,2,4,6-8H2,1,3H3/b11-9+,13-10?,14-12?. The van der Waals surface area contributed by atoms with Crippen molar-refractivity contribution in [1.82, 2.24) is 0 Å². The van der Waals surface area contributed by atoms with Crippen LogP contribution in [-0.2, 0) is 9.84 Å². The molecule has 0 aromatic rings. The van der Waals surface area contributed by atoms with E-state index in [4.69, 9.17) is 0 Å². The van der Waals surface area contributed by atoms with Crippen LogP contribution < -0.4 is 0 Å². The molecule has 17 heavy (non-hydrogen) atoms. The number of sulfone groups is 1. The van der Waals surface area contributed by atoms with E-state index >= 15 is 0 Å². The van der Waals surface area contributed by atoms with Crippen LogP contribution in [0.25, 0.3) is 0 Å². The van der Waals surface area contributed by atoms with Crippen LogP contribution in [0.4, 0.5) is 0 Å². The fraction of sp³-hybridized carbons (Fsp3) is 0.500. The zero-order valence-corrected chi connectivity index (χ0v) is 11.3. The van der Waals surface area contributed by atoms with Gasteiger partial charge in [0.05, 0.1) is 0 Å². The minimum atomic E-state index is -3.37. The van der Waals surface area contributed by atoms with Crippen molar-refractivity contribution >= 4 is 21.2 Å². The van der Waals surface area contributed by atoms with Crippen molar-refractivity contribution < 1.29 is 8.42 Å². The molecule has 0 aromatic carbocycles. The number of unbranched alkanes of at least 4 members (excludes halogenated alkanes) is 2. The molecule has 0 spiro atoms. The molecule has 0 rings (SSSR count). The van der Waals surface area contributed by atoms with Gasteiger partial charge < -0.3 is 0 Å². The van der Waals surface area contributed by atoms with Crippen molar-refractivity contribution in [3.63, 3.8) is 0 Å². The van der Waals surface area contributed by atoms with Crippen molar-refractivity contribution in [3.05, 3.63) is 24.9 Å². The van der Waals surface area contributed by atoms with Crippen molar-refractivity contribution in [2.75, 3.05) is 6.26 Å². The molecule has 5 heteroatoms. The van der Waals surface area contributed by atoms with Gasteiger partial charge in [-0.15, -0.1) is 6.58 Å². The highest BCUT2D eigenvalue weighted by molar-refractivity contribution is 8.05. The molecule has 0 amide bonds. The molecule has 0 aliphatic heterocycles. The second-order valence-electron chi connectivity index (χ2n) is 3.55. The normalized spacial score (nSPS) is 13.6.